The molecule has 0 aliphatic rings. The van der Waals surface area contributed by atoms with Crippen LogP contribution in [0.25, 0.3) is 0 Å². The predicted octanol–water partition coefficient (Wildman–Crippen LogP) is 4.07. The van der Waals surface area contributed by atoms with Crippen molar-refractivity contribution in [2.24, 2.45) is 0 Å². The Hall–Kier alpha value is -2.86. The Bertz CT molecular complexity index is 798. The number of ether oxygens (including phenoxy) is 1. The largest absolute Gasteiger partial charge is 0.444 e. The Balaban J connectivity index is 2.11. The van der Waals surface area contributed by atoms with E-state index in [2.05, 4.69) is 10.6 Å². The molecule has 2 aromatic rings. The molecule has 0 aromatic heterocycles. The van der Waals surface area contributed by atoms with Gasteiger partial charge in [0.15, 0.2) is 0 Å². The first-order valence-corrected chi connectivity index (χ1v) is 9.24. The zero-order chi connectivity index (χ0) is 20.7. The van der Waals surface area contributed by atoms with E-state index in [4.69, 9.17) is 4.74 Å². The van der Waals surface area contributed by atoms with E-state index in [1.165, 1.54) is 0 Å². The van der Waals surface area contributed by atoms with E-state index >= 15 is 0 Å². The number of nitrogens with one attached hydrogen (secondary N) is 2. The minimum atomic E-state index is -0.589. The highest BCUT2D eigenvalue weighted by atomic mass is 16.6. The minimum Gasteiger partial charge on any atom is -0.444 e. The van der Waals surface area contributed by atoms with E-state index in [0.29, 0.717) is 17.8 Å². The smallest absolute Gasteiger partial charge is 0.412 e. The van der Waals surface area contributed by atoms with Crippen molar-refractivity contribution in [2.75, 3.05) is 26.0 Å². The minimum absolute atomic E-state index is 0.147. The Labute approximate surface area is 166 Å². The summed E-state index contributed by atoms with van der Waals surface area (Å²) in [6, 6.07) is 16.5. The highest BCUT2D eigenvalue weighted by Crippen LogP contribution is 2.17. The van der Waals surface area contributed by atoms with Gasteiger partial charge in [0.2, 0.25) is 0 Å². The first-order chi connectivity index (χ1) is 13.1. The van der Waals surface area contributed by atoms with Crippen molar-refractivity contribution in [2.45, 2.75) is 32.4 Å². The Morgan fingerprint density at radius 1 is 1.04 bits per heavy atom. The van der Waals surface area contributed by atoms with Crippen LogP contribution in [-0.2, 0) is 4.74 Å². The Morgan fingerprint density at radius 2 is 1.71 bits per heavy atom. The van der Waals surface area contributed by atoms with Gasteiger partial charge in [0.25, 0.3) is 5.91 Å². The number of rotatable bonds is 6. The second kappa shape index (κ2) is 9.37. The molecular weight excluding hydrogens is 354 g/mol. The highest BCUT2D eigenvalue weighted by molar-refractivity contribution is 5.96. The Morgan fingerprint density at radius 3 is 2.32 bits per heavy atom. The molecule has 0 aliphatic heterocycles. The van der Waals surface area contributed by atoms with E-state index in [1.807, 2.05) is 49.3 Å². The summed E-state index contributed by atoms with van der Waals surface area (Å²) in [7, 11) is 3.93. The number of nitrogens with zero attached hydrogens (tertiary/aromatic N) is 1. The standard InChI is InChI=1S/C22H29N3O3/c1-22(2,3)28-21(27)23-18-13-9-12-17(14-18)20(26)24-19(15-25(4)5)16-10-7-6-8-11-16/h6-14,19H,15H2,1-5H3,(H,23,27)(H,24,26)/t19-/m0/s1. The number of hydrogen-bond acceptors (Lipinski definition) is 4. The molecule has 6 nitrogen and oxygen atoms in total. The summed E-state index contributed by atoms with van der Waals surface area (Å²) in [5.41, 5.74) is 1.42. The second-order valence-corrected chi connectivity index (χ2v) is 7.91. The molecule has 0 saturated heterocycles. The van der Waals surface area contributed by atoms with Crippen LogP contribution in [0.2, 0.25) is 0 Å². The average molecular weight is 383 g/mol. The number of hydrogen-bond donors (Lipinski definition) is 2. The van der Waals surface area contributed by atoms with Crippen molar-refractivity contribution < 1.29 is 14.3 Å². The van der Waals surface area contributed by atoms with Crippen LogP contribution < -0.4 is 10.6 Å². The van der Waals surface area contributed by atoms with E-state index in [1.54, 1.807) is 45.0 Å². The first-order valence-electron chi connectivity index (χ1n) is 9.24. The van der Waals surface area contributed by atoms with Crippen molar-refractivity contribution in [3.8, 4) is 0 Å². The zero-order valence-electron chi connectivity index (χ0n) is 17.2. The molecular formula is C22H29N3O3. The van der Waals surface area contributed by atoms with Crippen LogP contribution in [0.1, 0.15) is 42.7 Å². The van der Waals surface area contributed by atoms with Crippen LogP contribution in [0.5, 0.6) is 0 Å². The summed E-state index contributed by atoms with van der Waals surface area (Å²) >= 11 is 0. The lowest BCUT2D eigenvalue weighted by molar-refractivity contribution is 0.0635. The second-order valence-electron chi connectivity index (χ2n) is 7.91. The molecule has 0 spiro atoms. The van der Waals surface area contributed by atoms with Gasteiger partial charge >= 0.3 is 6.09 Å². The molecule has 0 radical (unpaired) electrons. The summed E-state index contributed by atoms with van der Waals surface area (Å²) in [5, 5.41) is 5.74. The van der Waals surface area contributed by atoms with E-state index < -0.39 is 11.7 Å². The molecule has 2 aromatic carbocycles. The quantitative estimate of drug-likeness (QED) is 0.789. The van der Waals surface area contributed by atoms with Gasteiger partial charge < -0.3 is 15.0 Å². The summed E-state index contributed by atoms with van der Waals surface area (Å²) in [6.07, 6.45) is -0.556. The lowest BCUT2D eigenvalue weighted by atomic mass is 10.1. The van der Waals surface area contributed by atoms with Crippen molar-refractivity contribution in [3.63, 3.8) is 0 Å². The van der Waals surface area contributed by atoms with Crippen molar-refractivity contribution in [1.29, 1.82) is 0 Å². The van der Waals surface area contributed by atoms with Crippen molar-refractivity contribution in [1.82, 2.24) is 10.2 Å². The number of likely N-dealkylation sites (N-methyl/N-ethyl adjacent to an activating group) is 1. The fourth-order valence-corrected chi connectivity index (χ4v) is 2.69. The molecule has 0 fully saturated rings. The number of anilines is 1. The maximum Gasteiger partial charge on any atom is 0.412 e. The van der Waals surface area contributed by atoms with Crippen molar-refractivity contribution >= 4 is 17.7 Å². The van der Waals surface area contributed by atoms with Crippen LogP contribution in [-0.4, -0.2) is 43.1 Å². The van der Waals surface area contributed by atoms with Crippen LogP contribution in [0.4, 0.5) is 10.5 Å². The maximum atomic E-state index is 12.8. The van der Waals surface area contributed by atoms with E-state index in [9.17, 15) is 9.59 Å². The summed E-state index contributed by atoms with van der Waals surface area (Å²) in [6.45, 7) is 6.06. The van der Waals surface area contributed by atoms with Gasteiger partial charge in [-0.25, -0.2) is 4.79 Å². The normalized spacial score (nSPS) is 12.4. The molecule has 0 heterocycles. The molecule has 1 atom stereocenters. The van der Waals surface area contributed by atoms with Gasteiger partial charge in [-0.05, 0) is 58.6 Å². The molecule has 2 N–H and O–H groups in total. The van der Waals surface area contributed by atoms with Gasteiger partial charge in [-0.3, -0.25) is 10.1 Å². The molecule has 0 saturated carbocycles. The summed E-state index contributed by atoms with van der Waals surface area (Å²) < 4.78 is 5.25. The molecule has 2 amide bonds. The topological polar surface area (TPSA) is 70.7 Å². The van der Waals surface area contributed by atoms with Crippen LogP contribution in [0.15, 0.2) is 54.6 Å². The van der Waals surface area contributed by atoms with Crippen molar-refractivity contribution in [3.05, 3.63) is 65.7 Å². The highest BCUT2D eigenvalue weighted by Gasteiger charge is 2.18. The maximum absolute atomic E-state index is 12.8. The summed E-state index contributed by atoms with van der Waals surface area (Å²) in [4.78, 5) is 26.8. The lowest BCUT2D eigenvalue weighted by Gasteiger charge is -2.23. The number of carbonyl (C=O) groups is 2. The molecule has 2 rings (SSSR count). The number of amides is 2. The zero-order valence-corrected chi connectivity index (χ0v) is 17.2. The third-order valence-corrected chi connectivity index (χ3v) is 3.83. The summed E-state index contributed by atoms with van der Waals surface area (Å²) in [5.74, 6) is -0.205. The van der Waals surface area contributed by atoms with Crippen LogP contribution in [0.3, 0.4) is 0 Å². The SMILES string of the molecule is CN(C)C[C@H](NC(=O)c1cccc(NC(=O)OC(C)(C)C)c1)c1ccccc1. The van der Waals surface area contributed by atoms with Crippen LogP contribution in [0, 0.1) is 0 Å². The van der Waals surface area contributed by atoms with Gasteiger partial charge in [-0.15, -0.1) is 0 Å². The number of carbonyl (C=O) groups excluding carboxylic acids is 2. The lowest BCUT2D eigenvalue weighted by Crippen LogP contribution is -2.35. The van der Waals surface area contributed by atoms with E-state index in [0.717, 1.165) is 5.56 Å². The van der Waals surface area contributed by atoms with Gasteiger partial charge in [0.1, 0.15) is 5.60 Å². The monoisotopic (exact) mass is 383 g/mol. The van der Waals surface area contributed by atoms with Gasteiger partial charge in [0, 0.05) is 17.8 Å². The fourth-order valence-electron chi connectivity index (χ4n) is 2.69. The molecule has 150 valence electrons. The fraction of sp³-hybridized carbons (Fsp3) is 0.364. The molecule has 0 aliphatic carbocycles. The van der Waals surface area contributed by atoms with Gasteiger partial charge in [-0.1, -0.05) is 36.4 Å². The van der Waals surface area contributed by atoms with E-state index in [-0.39, 0.29) is 11.9 Å². The first kappa shape index (κ1) is 21.4. The van der Waals surface area contributed by atoms with Gasteiger partial charge in [0.05, 0.1) is 6.04 Å². The molecule has 0 bridgehead atoms. The number of benzene rings is 2. The Kier molecular flexibility index (Phi) is 7.18. The average Bonchev–Trinajstić information content (AvgIpc) is 2.60. The predicted molar refractivity (Wildman–Crippen MR) is 112 cm³/mol. The van der Waals surface area contributed by atoms with Crippen LogP contribution >= 0.6 is 0 Å². The van der Waals surface area contributed by atoms with Gasteiger partial charge in [-0.2, -0.15) is 0 Å². The third kappa shape index (κ3) is 7.04. The molecule has 6 heteroatoms. The molecule has 0 unspecified atom stereocenters. The third-order valence-electron chi connectivity index (χ3n) is 3.83. The molecule has 28 heavy (non-hydrogen) atoms.